The number of nitrogens with one attached hydrogen (secondary N) is 2. The predicted molar refractivity (Wildman–Crippen MR) is 104 cm³/mol. The van der Waals surface area contributed by atoms with Crippen LogP contribution in [-0.2, 0) is 6.42 Å². The average molecular weight is 392 g/mol. The van der Waals surface area contributed by atoms with Crippen molar-refractivity contribution in [3.63, 3.8) is 0 Å². The number of H-pyrrole nitrogens is 1. The van der Waals surface area contributed by atoms with Crippen LogP contribution in [-0.4, -0.2) is 26.8 Å². The Balaban J connectivity index is 1.77. The van der Waals surface area contributed by atoms with Crippen LogP contribution in [0.1, 0.15) is 12.5 Å². The molecule has 0 aliphatic heterocycles. The van der Waals surface area contributed by atoms with Crippen molar-refractivity contribution in [1.29, 1.82) is 0 Å². The van der Waals surface area contributed by atoms with E-state index in [9.17, 15) is 0 Å². The number of furan rings is 1. The maximum Gasteiger partial charge on any atom is 0.209 e. The fourth-order valence-corrected chi connectivity index (χ4v) is 3.23. The largest absolute Gasteiger partial charge is 0.453 e. The third-order valence-corrected chi connectivity index (χ3v) is 4.69. The molecule has 26 heavy (non-hydrogen) atoms. The normalized spacial score (nSPS) is 11.7. The molecule has 0 amide bonds. The van der Waals surface area contributed by atoms with Crippen molar-refractivity contribution in [2.24, 2.45) is 16.8 Å². The molecule has 0 saturated heterocycles. The van der Waals surface area contributed by atoms with Gasteiger partial charge in [-0.25, -0.2) is 5.84 Å². The summed E-state index contributed by atoms with van der Waals surface area (Å²) in [5.74, 6) is 13.2. The van der Waals surface area contributed by atoms with Crippen molar-refractivity contribution in [3.05, 3.63) is 40.9 Å². The van der Waals surface area contributed by atoms with E-state index < -0.39 is 0 Å². The number of thioether (sulfide) groups is 1. The first-order valence-electron chi connectivity index (χ1n) is 7.81. The van der Waals surface area contributed by atoms with Gasteiger partial charge in [-0.15, -0.1) is 5.10 Å². The third-order valence-electron chi connectivity index (χ3n) is 3.62. The molecule has 0 radical (unpaired) electrons. The van der Waals surface area contributed by atoms with Crippen LogP contribution < -0.4 is 17.1 Å². The summed E-state index contributed by atoms with van der Waals surface area (Å²) in [7, 11) is 0. The molecule has 0 unspecified atom stereocenters. The van der Waals surface area contributed by atoms with Crippen molar-refractivity contribution in [2.45, 2.75) is 18.5 Å². The Bertz CT molecular complexity index is 921. The highest BCUT2D eigenvalue weighted by Crippen LogP contribution is 2.30. The van der Waals surface area contributed by atoms with E-state index in [1.54, 1.807) is 0 Å². The molecule has 2 aromatic heterocycles. The van der Waals surface area contributed by atoms with Gasteiger partial charge in [-0.05, 0) is 42.3 Å². The fraction of sp³-hybridized carbons (Fsp3) is 0.188. The molecule has 0 aliphatic carbocycles. The van der Waals surface area contributed by atoms with Gasteiger partial charge < -0.3 is 15.7 Å². The maximum atomic E-state index is 6.18. The summed E-state index contributed by atoms with van der Waals surface area (Å²) in [6.45, 7) is 2.08. The number of aromatic amines is 1. The Kier molecular flexibility index (Phi) is 5.82. The Morgan fingerprint density at radius 1 is 1.35 bits per heavy atom. The summed E-state index contributed by atoms with van der Waals surface area (Å²) in [6, 6.07) is 9.60. The molecule has 2 heterocycles. The summed E-state index contributed by atoms with van der Waals surface area (Å²) in [5.41, 5.74) is 4.48. The number of hydrazone groups is 1. The fourth-order valence-electron chi connectivity index (χ4n) is 2.29. The van der Waals surface area contributed by atoms with Gasteiger partial charge in [0.1, 0.15) is 11.6 Å². The van der Waals surface area contributed by atoms with Crippen LogP contribution >= 0.6 is 23.4 Å². The molecule has 0 aliphatic rings. The van der Waals surface area contributed by atoms with E-state index >= 15 is 0 Å². The molecule has 1 aromatic carbocycles. The van der Waals surface area contributed by atoms with E-state index in [-0.39, 0.29) is 0 Å². The first-order chi connectivity index (χ1) is 12.6. The third kappa shape index (κ3) is 4.18. The monoisotopic (exact) mass is 391 g/mol. The van der Waals surface area contributed by atoms with Crippen molar-refractivity contribution in [3.8, 4) is 22.9 Å². The minimum Gasteiger partial charge on any atom is -0.453 e. The molecule has 6 N–H and O–H groups in total. The van der Waals surface area contributed by atoms with Gasteiger partial charge >= 0.3 is 0 Å². The van der Waals surface area contributed by atoms with Crippen LogP contribution in [0.4, 0.5) is 0 Å². The van der Waals surface area contributed by atoms with Crippen molar-refractivity contribution >= 4 is 29.2 Å². The molecular formula is C16H18ClN7OS. The smallest absolute Gasteiger partial charge is 0.209 e. The van der Waals surface area contributed by atoms with E-state index in [2.05, 4.69) is 38.7 Å². The summed E-state index contributed by atoms with van der Waals surface area (Å²) in [4.78, 5) is 4.39. The topological polar surface area (TPSA) is 131 Å². The van der Waals surface area contributed by atoms with Gasteiger partial charge in [-0.1, -0.05) is 30.3 Å². The number of halogens is 1. The molecule has 3 rings (SSSR count). The second-order valence-corrected chi connectivity index (χ2v) is 6.72. The Morgan fingerprint density at radius 2 is 2.15 bits per heavy atom. The zero-order chi connectivity index (χ0) is 18.5. The quantitative estimate of drug-likeness (QED) is 0.167. The van der Waals surface area contributed by atoms with Crippen LogP contribution in [0.15, 0.2) is 45.0 Å². The van der Waals surface area contributed by atoms with E-state index in [1.165, 1.54) is 11.8 Å². The van der Waals surface area contributed by atoms with Gasteiger partial charge in [0.25, 0.3) is 0 Å². The number of rotatable bonds is 6. The first-order valence-corrected chi connectivity index (χ1v) is 9.18. The van der Waals surface area contributed by atoms with Crippen LogP contribution in [0.3, 0.4) is 0 Å². The van der Waals surface area contributed by atoms with Crippen molar-refractivity contribution in [2.75, 3.05) is 5.75 Å². The van der Waals surface area contributed by atoms with Gasteiger partial charge in [0.05, 0.1) is 5.75 Å². The van der Waals surface area contributed by atoms with E-state index in [0.717, 1.165) is 17.5 Å². The van der Waals surface area contributed by atoms with Crippen LogP contribution in [0.5, 0.6) is 0 Å². The summed E-state index contributed by atoms with van der Waals surface area (Å²) < 4.78 is 5.91. The second-order valence-electron chi connectivity index (χ2n) is 5.34. The number of nitrogens with two attached hydrogens (primary N) is 2. The minimum absolute atomic E-state index is 0.427. The van der Waals surface area contributed by atoms with E-state index in [0.29, 0.717) is 39.1 Å². The second kappa shape index (κ2) is 8.26. The molecular weight excluding hydrogens is 374 g/mol. The first kappa shape index (κ1) is 18.3. The standard InChI is InChI=1S/C16H18ClN7OS/c1-2-9-5-10(7-11(17)6-9)12-3-4-13(25-12)15-20-16(24-23-15)26-8-14(21-18)22-19/h3-7H,2,8,18-19H2,1H3,(H,21,22)(H,20,23,24). The van der Waals surface area contributed by atoms with Gasteiger partial charge in [0.2, 0.25) is 5.16 Å². The van der Waals surface area contributed by atoms with Crippen molar-refractivity contribution in [1.82, 2.24) is 20.6 Å². The lowest BCUT2D eigenvalue weighted by Gasteiger charge is -2.02. The summed E-state index contributed by atoms with van der Waals surface area (Å²) >= 11 is 7.52. The number of amidine groups is 1. The highest BCUT2D eigenvalue weighted by atomic mass is 35.5. The van der Waals surface area contributed by atoms with Gasteiger partial charge in [0.15, 0.2) is 11.6 Å². The zero-order valence-electron chi connectivity index (χ0n) is 14.0. The number of hydrogen-bond acceptors (Lipinski definition) is 7. The van der Waals surface area contributed by atoms with Gasteiger partial charge in [0, 0.05) is 10.6 Å². The SMILES string of the molecule is CCc1cc(Cl)cc(-c2ccc(-c3nc(SC/C(=N/N)NN)n[nH]3)o2)c1. The van der Waals surface area contributed by atoms with Crippen LogP contribution in [0.2, 0.25) is 5.02 Å². The number of aryl methyl sites for hydroxylation is 1. The number of benzene rings is 1. The summed E-state index contributed by atoms with van der Waals surface area (Å²) in [6.07, 6.45) is 0.898. The minimum atomic E-state index is 0.427. The molecule has 136 valence electrons. The lowest BCUT2D eigenvalue weighted by molar-refractivity contribution is 0.592. The van der Waals surface area contributed by atoms with E-state index in [4.69, 9.17) is 27.7 Å². The predicted octanol–water partition coefficient (Wildman–Crippen LogP) is 2.78. The molecule has 0 atom stereocenters. The number of aromatic nitrogens is 3. The molecule has 0 bridgehead atoms. The van der Waals surface area contributed by atoms with Gasteiger partial charge in [-0.2, -0.15) is 10.1 Å². The molecule has 0 spiro atoms. The molecule has 10 heteroatoms. The highest BCUT2D eigenvalue weighted by molar-refractivity contribution is 7.99. The van der Waals surface area contributed by atoms with E-state index in [1.807, 2.05) is 24.3 Å². The Hall–Kier alpha value is -2.49. The molecule has 8 nitrogen and oxygen atoms in total. The average Bonchev–Trinajstić information content (AvgIpc) is 3.31. The molecule has 0 fully saturated rings. The Morgan fingerprint density at radius 3 is 2.88 bits per heavy atom. The van der Waals surface area contributed by atoms with Crippen LogP contribution in [0, 0.1) is 0 Å². The number of nitrogens with zero attached hydrogens (tertiary/aromatic N) is 3. The van der Waals surface area contributed by atoms with Crippen LogP contribution in [0.25, 0.3) is 22.9 Å². The summed E-state index contributed by atoms with van der Waals surface area (Å²) in [5, 5.41) is 11.7. The highest BCUT2D eigenvalue weighted by Gasteiger charge is 2.13. The van der Waals surface area contributed by atoms with Gasteiger partial charge in [-0.3, -0.25) is 5.10 Å². The molecule has 0 saturated carbocycles. The number of hydrazine groups is 1. The van der Waals surface area contributed by atoms with Crippen molar-refractivity contribution < 1.29 is 4.42 Å². The Labute approximate surface area is 159 Å². The molecule has 3 aromatic rings. The maximum absolute atomic E-state index is 6.18. The lowest BCUT2D eigenvalue weighted by atomic mass is 10.1. The number of hydrogen-bond donors (Lipinski definition) is 4. The lowest BCUT2D eigenvalue weighted by Crippen LogP contribution is -2.33. The zero-order valence-corrected chi connectivity index (χ0v) is 15.6.